The first-order valence-corrected chi connectivity index (χ1v) is 8.75. The molecule has 0 unspecified atom stereocenters. The van der Waals surface area contributed by atoms with Crippen molar-refractivity contribution in [3.63, 3.8) is 0 Å². The zero-order valence-electron chi connectivity index (χ0n) is 13.6. The topological polar surface area (TPSA) is 26.3 Å². The third-order valence-corrected chi connectivity index (χ3v) is 4.36. The van der Waals surface area contributed by atoms with Crippen LogP contribution in [0.3, 0.4) is 0 Å². The van der Waals surface area contributed by atoms with Crippen molar-refractivity contribution in [1.29, 1.82) is 0 Å². The minimum absolute atomic E-state index is 0.0388. The van der Waals surface area contributed by atoms with Gasteiger partial charge in [-0.1, -0.05) is 76.6 Å². The third kappa shape index (κ3) is 4.91. The van der Waals surface area contributed by atoms with Crippen molar-refractivity contribution in [3.05, 3.63) is 106 Å². The van der Waals surface area contributed by atoms with Crippen molar-refractivity contribution in [2.75, 3.05) is 0 Å². The highest BCUT2D eigenvalue weighted by atomic mass is 79.9. The Balaban J connectivity index is 1.67. The van der Waals surface area contributed by atoms with Crippen molar-refractivity contribution >= 4 is 27.8 Å². The first kappa shape index (κ1) is 17.2. The molecule has 3 rings (SSSR count). The molecule has 2 nitrogen and oxygen atoms in total. The third-order valence-electron chi connectivity index (χ3n) is 3.67. The molecule has 3 heteroatoms. The van der Waals surface area contributed by atoms with Gasteiger partial charge in [-0.2, -0.15) is 0 Å². The zero-order chi connectivity index (χ0) is 17.5. The van der Waals surface area contributed by atoms with E-state index in [1.54, 1.807) is 18.2 Å². The highest BCUT2D eigenvalue weighted by molar-refractivity contribution is 9.10. The lowest BCUT2D eigenvalue weighted by molar-refractivity contribution is 0.104. The summed E-state index contributed by atoms with van der Waals surface area (Å²) in [6.45, 7) is 0.518. The van der Waals surface area contributed by atoms with E-state index in [9.17, 15) is 4.79 Å². The number of hydrogen-bond donors (Lipinski definition) is 0. The molecule has 0 aliphatic carbocycles. The molecule has 0 aromatic heterocycles. The summed E-state index contributed by atoms with van der Waals surface area (Å²) in [5.41, 5.74) is 2.69. The Morgan fingerprint density at radius 3 is 2.48 bits per heavy atom. The molecule has 3 aromatic carbocycles. The number of carbonyl (C=O) groups excluding carboxylic acids is 1. The van der Waals surface area contributed by atoms with Crippen LogP contribution < -0.4 is 4.74 Å². The van der Waals surface area contributed by atoms with E-state index in [1.807, 2.05) is 72.8 Å². The predicted octanol–water partition coefficient (Wildman–Crippen LogP) is 5.92. The lowest BCUT2D eigenvalue weighted by Gasteiger charge is -2.07. The molecule has 0 bridgehead atoms. The Hall–Kier alpha value is -2.65. The van der Waals surface area contributed by atoms with Crippen molar-refractivity contribution in [3.8, 4) is 5.75 Å². The van der Waals surface area contributed by atoms with Gasteiger partial charge in [0.25, 0.3) is 0 Å². The monoisotopic (exact) mass is 392 g/mol. The van der Waals surface area contributed by atoms with E-state index in [-0.39, 0.29) is 5.78 Å². The number of halogens is 1. The smallest absolute Gasteiger partial charge is 0.186 e. The molecule has 0 radical (unpaired) electrons. The average molecular weight is 393 g/mol. The fourth-order valence-electron chi connectivity index (χ4n) is 2.37. The van der Waals surface area contributed by atoms with Gasteiger partial charge in [-0.05, 0) is 41.5 Å². The number of rotatable bonds is 6. The highest BCUT2D eigenvalue weighted by Crippen LogP contribution is 2.19. The van der Waals surface area contributed by atoms with Crippen molar-refractivity contribution in [2.45, 2.75) is 6.61 Å². The van der Waals surface area contributed by atoms with Crippen LogP contribution in [0, 0.1) is 0 Å². The van der Waals surface area contributed by atoms with Gasteiger partial charge in [0, 0.05) is 10.0 Å². The van der Waals surface area contributed by atoms with Crippen LogP contribution >= 0.6 is 15.9 Å². The summed E-state index contributed by atoms with van der Waals surface area (Å²) in [7, 11) is 0. The second kappa shape index (κ2) is 8.45. The summed E-state index contributed by atoms with van der Waals surface area (Å²) in [5.74, 6) is 0.738. The molecule has 0 fully saturated rings. The molecule has 0 N–H and O–H groups in total. The van der Waals surface area contributed by atoms with Crippen molar-refractivity contribution in [1.82, 2.24) is 0 Å². The van der Waals surface area contributed by atoms with E-state index in [4.69, 9.17) is 4.74 Å². The minimum atomic E-state index is -0.0388. The summed E-state index contributed by atoms with van der Waals surface area (Å²) < 4.78 is 6.61. The molecule has 0 amide bonds. The Kier molecular flexibility index (Phi) is 5.81. The maximum atomic E-state index is 12.3. The Labute approximate surface area is 155 Å². The van der Waals surface area contributed by atoms with Crippen LogP contribution in [-0.2, 0) is 6.61 Å². The molecule has 25 heavy (non-hydrogen) atoms. The Morgan fingerprint density at radius 1 is 0.920 bits per heavy atom. The molecule has 0 atom stereocenters. The van der Waals surface area contributed by atoms with E-state index in [1.165, 1.54) is 0 Å². The molecular formula is C22H17BrO2. The van der Waals surface area contributed by atoms with E-state index in [2.05, 4.69) is 15.9 Å². The molecule has 0 aliphatic heterocycles. The van der Waals surface area contributed by atoms with Crippen LogP contribution in [0.15, 0.2) is 89.4 Å². The Bertz CT molecular complexity index is 885. The summed E-state index contributed by atoms with van der Waals surface area (Å²) >= 11 is 3.40. The first-order valence-electron chi connectivity index (χ1n) is 7.96. The first-order chi connectivity index (χ1) is 12.2. The zero-order valence-corrected chi connectivity index (χ0v) is 15.1. The lowest BCUT2D eigenvalue weighted by Crippen LogP contribution is -1.96. The SMILES string of the molecule is O=C(C=Cc1cccc(OCc2ccccc2)c1)c1ccccc1Br. The fraction of sp³-hybridized carbons (Fsp3) is 0.0455. The number of ether oxygens (including phenoxy) is 1. The summed E-state index contributed by atoms with van der Waals surface area (Å²) in [4.78, 5) is 12.3. The Morgan fingerprint density at radius 2 is 1.68 bits per heavy atom. The van der Waals surface area contributed by atoms with Crippen LogP contribution in [0.5, 0.6) is 5.75 Å². The molecule has 124 valence electrons. The van der Waals surface area contributed by atoms with Crippen LogP contribution in [0.2, 0.25) is 0 Å². The van der Waals surface area contributed by atoms with Gasteiger partial charge in [0.1, 0.15) is 12.4 Å². The molecule has 0 saturated heterocycles. The molecule has 0 saturated carbocycles. The molecule has 0 aliphatic rings. The van der Waals surface area contributed by atoms with E-state index in [0.29, 0.717) is 12.2 Å². The number of benzene rings is 3. The molecule has 0 heterocycles. The summed E-state index contributed by atoms with van der Waals surface area (Å²) in [6.07, 6.45) is 3.38. The van der Waals surface area contributed by atoms with E-state index >= 15 is 0 Å². The second-order valence-corrected chi connectivity index (χ2v) is 6.38. The van der Waals surface area contributed by atoms with Crippen molar-refractivity contribution < 1.29 is 9.53 Å². The average Bonchev–Trinajstić information content (AvgIpc) is 2.66. The van der Waals surface area contributed by atoms with Gasteiger partial charge < -0.3 is 4.74 Å². The van der Waals surface area contributed by atoms with Crippen LogP contribution in [0.25, 0.3) is 6.08 Å². The number of allylic oxidation sites excluding steroid dienone is 1. The van der Waals surface area contributed by atoms with Gasteiger partial charge in [0.15, 0.2) is 5.78 Å². The molecular weight excluding hydrogens is 376 g/mol. The van der Waals surface area contributed by atoms with Gasteiger partial charge in [-0.3, -0.25) is 4.79 Å². The van der Waals surface area contributed by atoms with Gasteiger partial charge in [-0.25, -0.2) is 0 Å². The fourth-order valence-corrected chi connectivity index (χ4v) is 2.85. The van der Waals surface area contributed by atoms with Crippen LogP contribution in [0.1, 0.15) is 21.5 Å². The maximum absolute atomic E-state index is 12.3. The van der Waals surface area contributed by atoms with Gasteiger partial charge in [0.05, 0.1) is 0 Å². The van der Waals surface area contributed by atoms with Gasteiger partial charge in [0.2, 0.25) is 0 Å². The molecule has 3 aromatic rings. The van der Waals surface area contributed by atoms with Crippen LogP contribution in [0.4, 0.5) is 0 Å². The number of carbonyl (C=O) groups is 1. The van der Waals surface area contributed by atoms with Gasteiger partial charge >= 0.3 is 0 Å². The second-order valence-electron chi connectivity index (χ2n) is 5.52. The number of hydrogen-bond acceptors (Lipinski definition) is 2. The van der Waals surface area contributed by atoms with Gasteiger partial charge in [-0.15, -0.1) is 0 Å². The molecule has 0 spiro atoms. The lowest BCUT2D eigenvalue weighted by atomic mass is 10.1. The quantitative estimate of drug-likeness (QED) is 0.384. The minimum Gasteiger partial charge on any atom is -0.489 e. The van der Waals surface area contributed by atoms with Crippen molar-refractivity contribution in [2.24, 2.45) is 0 Å². The highest BCUT2D eigenvalue weighted by Gasteiger charge is 2.05. The summed E-state index contributed by atoms with van der Waals surface area (Å²) in [6, 6.07) is 25.1. The number of ketones is 1. The van der Waals surface area contributed by atoms with E-state index < -0.39 is 0 Å². The standard InChI is InChI=1S/C22H17BrO2/c23-21-12-5-4-11-20(21)22(24)14-13-17-9-6-10-19(15-17)25-16-18-7-2-1-3-8-18/h1-15H,16H2. The largest absolute Gasteiger partial charge is 0.489 e. The predicted molar refractivity (Wildman–Crippen MR) is 105 cm³/mol. The van der Waals surface area contributed by atoms with Crippen LogP contribution in [-0.4, -0.2) is 5.78 Å². The normalized spacial score (nSPS) is 10.8. The van der Waals surface area contributed by atoms with E-state index in [0.717, 1.165) is 21.3 Å². The summed E-state index contributed by atoms with van der Waals surface area (Å²) in [5, 5.41) is 0. The maximum Gasteiger partial charge on any atom is 0.186 e.